The van der Waals surface area contributed by atoms with Gasteiger partial charge in [-0.05, 0) is 31.4 Å². The molecule has 1 fully saturated rings. The second-order valence-corrected chi connectivity index (χ2v) is 7.12. The first-order chi connectivity index (χ1) is 12.0. The van der Waals surface area contributed by atoms with Gasteiger partial charge in [0.2, 0.25) is 5.91 Å². The van der Waals surface area contributed by atoms with Gasteiger partial charge < -0.3 is 9.64 Å². The SMILES string of the molecule is CCCCC(=O)N1[C@@H](c2ccccc2)[C@@H](c2ccccc2)OC1(C)C. The van der Waals surface area contributed by atoms with Gasteiger partial charge in [0.15, 0.2) is 0 Å². The Balaban J connectivity index is 2.03. The molecule has 132 valence electrons. The first-order valence-electron chi connectivity index (χ1n) is 9.14. The van der Waals surface area contributed by atoms with E-state index in [-0.39, 0.29) is 18.1 Å². The van der Waals surface area contributed by atoms with Crippen LogP contribution in [0, 0.1) is 0 Å². The highest BCUT2D eigenvalue weighted by Crippen LogP contribution is 2.49. The third-order valence-corrected chi connectivity index (χ3v) is 4.84. The maximum absolute atomic E-state index is 13.0. The van der Waals surface area contributed by atoms with Crippen molar-refractivity contribution in [1.29, 1.82) is 0 Å². The zero-order chi connectivity index (χ0) is 17.9. The Labute approximate surface area is 150 Å². The second-order valence-electron chi connectivity index (χ2n) is 7.12. The summed E-state index contributed by atoms with van der Waals surface area (Å²) in [5.41, 5.74) is 1.59. The summed E-state index contributed by atoms with van der Waals surface area (Å²) in [7, 11) is 0. The molecule has 0 aliphatic carbocycles. The highest BCUT2D eigenvalue weighted by atomic mass is 16.5. The van der Waals surface area contributed by atoms with Gasteiger partial charge in [-0.25, -0.2) is 0 Å². The Kier molecular flexibility index (Phi) is 5.24. The summed E-state index contributed by atoms with van der Waals surface area (Å²) in [5, 5.41) is 0. The van der Waals surface area contributed by atoms with Crippen molar-refractivity contribution in [3.8, 4) is 0 Å². The normalized spacial score (nSPS) is 22.1. The number of hydrogen-bond donors (Lipinski definition) is 0. The minimum atomic E-state index is -0.633. The fourth-order valence-electron chi connectivity index (χ4n) is 3.67. The van der Waals surface area contributed by atoms with Crippen LogP contribution in [0.1, 0.15) is 63.3 Å². The highest BCUT2D eigenvalue weighted by molar-refractivity contribution is 5.78. The molecule has 0 spiro atoms. The van der Waals surface area contributed by atoms with Crippen LogP contribution in [0.3, 0.4) is 0 Å². The molecule has 1 amide bonds. The zero-order valence-electron chi connectivity index (χ0n) is 15.3. The molecule has 3 heteroatoms. The molecule has 1 heterocycles. The van der Waals surface area contributed by atoms with Crippen molar-refractivity contribution in [2.45, 2.75) is 57.9 Å². The van der Waals surface area contributed by atoms with E-state index in [4.69, 9.17) is 4.74 Å². The fourth-order valence-corrected chi connectivity index (χ4v) is 3.67. The topological polar surface area (TPSA) is 29.5 Å². The van der Waals surface area contributed by atoms with Gasteiger partial charge in [-0.3, -0.25) is 4.79 Å². The predicted octanol–water partition coefficient (Wildman–Crippen LogP) is 5.25. The Morgan fingerprint density at radius 2 is 1.56 bits per heavy atom. The van der Waals surface area contributed by atoms with Gasteiger partial charge in [0.1, 0.15) is 11.8 Å². The van der Waals surface area contributed by atoms with Crippen molar-refractivity contribution in [3.63, 3.8) is 0 Å². The highest BCUT2D eigenvalue weighted by Gasteiger charge is 2.50. The Morgan fingerprint density at radius 1 is 1.00 bits per heavy atom. The summed E-state index contributed by atoms with van der Waals surface area (Å²) >= 11 is 0. The molecular weight excluding hydrogens is 310 g/mol. The Hall–Kier alpha value is -2.13. The van der Waals surface area contributed by atoms with E-state index in [9.17, 15) is 4.79 Å². The molecule has 2 atom stereocenters. The van der Waals surface area contributed by atoms with Crippen LogP contribution in [0.15, 0.2) is 60.7 Å². The number of benzene rings is 2. The summed E-state index contributed by atoms with van der Waals surface area (Å²) in [5.74, 6) is 0.166. The summed E-state index contributed by atoms with van der Waals surface area (Å²) in [6, 6.07) is 20.3. The van der Waals surface area contributed by atoms with E-state index >= 15 is 0 Å². The van der Waals surface area contributed by atoms with Gasteiger partial charge in [-0.15, -0.1) is 0 Å². The minimum Gasteiger partial charge on any atom is -0.346 e. The maximum Gasteiger partial charge on any atom is 0.225 e. The molecular formula is C22H27NO2. The van der Waals surface area contributed by atoms with Gasteiger partial charge in [0.25, 0.3) is 0 Å². The van der Waals surface area contributed by atoms with Crippen molar-refractivity contribution in [1.82, 2.24) is 4.90 Å². The maximum atomic E-state index is 13.0. The third kappa shape index (κ3) is 3.62. The molecule has 3 rings (SSSR count). The standard InChI is InChI=1S/C22H27NO2/c1-4-5-16-19(24)23-20(17-12-8-6-9-13-17)21(25-22(23,2)3)18-14-10-7-11-15-18/h6-15,20-21H,4-5,16H2,1-3H3/t20-,21+/m0/s1. The molecule has 0 radical (unpaired) electrons. The number of rotatable bonds is 5. The van der Waals surface area contributed by atoms with E-state index in [1.54, 1.807) is 0 Å². The quantitative estimate of drug-likeness (QED) is 0.745. The lowest BCUT2D eigenvalue weighted by molar-refractivity contribution is -0.147. The monoisotopic (exact) mass is 337 g/mol. The van der Waals surface area contributed by atoms with E-state index in [0.717, 1.165) is 24.0 Å². The molecule has 1 saturated heterocycles. The molecule has 0 saturated carbocycles. The first kappa shape index (κ1) is 17.7. The average molecular weight is 337 g/mol. The van der Waals surface area contributed by atoms with Crippen molar-refractivity contribution >= 4 is 5.91 Å². The molecule has 3 nitrogen and oxygen atoms in total. The number of carbonyl (C=O) groups excluding carboxylic acids is 1. The van der Waals surface area contributed by atoms with E-state index in [1.807, 2.05) is 55.1 Å². The Bertz CT molecular complexity index is 696. The summed E-state index contributed by atoms with van der Waals surface area (Å²) < 4.78 is 6.42. The number of ether oxygens (including phenoxy) is 1. The average Bonchev–Trinajstić information content (AvgIpc) is 2.92. The van der Waals surface area contributed by atoms with Crippen LogP contribution in [0.4, 0.5) is 0 Å². The lowest BCUT2D eigenvalue weighted by atomic mass is 9.94. The van der Waals surface area contributed by atoms with Crippen LogP contribution in [0.2, 0.25) is 0 Å². The number of carbonyl (C=O) groups is 1. The van der Waals surface area contributed by atoms with Crippen LogP contribution in [0.25, 0.3) is 0 Å². The van der Waals surface area contributed by atoms with E-state index in [2.05, 4.69) is 31.2 Å². The molecule has 2 aromatic carbocycles. The molecule has 1 aliphatic rings. The van der Waals surface area contributed by atoms with Crippen LogP contribution in [-0.4, -0.2) is 16.5 Å². The summed E-state index contributed by atoms with van der Waals surface area (Å²) in [4.78, 5) is 15.0. The Morgan fingerprint density at radius 3 is 2.12 bits per heavy atom. The molecule has 2 aromatic rings. The lowest BCUT2D eigenvalue weighted by Crippen LogP contribution is -2.44. The predicted molar refractivity (Wildman–Crippen MR) is 99.9 cm³/mol. The molecule has 0 bridgehead atoms. The van der Waals surface area contributed by atoms with Crippen molar-refractivity contribution in [2.24, 2.45) is 0 Å². The van der Waals surface area contributed by atoms with Crippen molar-refractivity contribution in [2.75, 3.05) is 0 Å². The van der Waals surface area contributed by atoms with Crippen molar-refractivity contribution in [3.05, 3.63) is 71.8 Å². The molecule has 0 aromatic heterocycles. The molecule has 0 N–H and O–H groups in total. The van der Waals surface area contributed by atoms with E-state index in [0.29, 0.717) is 6.42 Å². The summed E-state index contributed by atoms with van der Waals surface area (Å²) in [6.07, 6.45) is 2.32. The van der Waals surface area contributed by atoms with Crippen LogP contribution in [0.5, 0.6) is 0 Å². The first-order valence-corrected chi connectivity index (χ1v) is 9.14. The smallest absolute Gasteiger partial charge is 0.225 e. The largest absolute Gasteiger partial charge is 0.346 e. The zero-order valence-corrected chi connectivity index (χ0v) is 15.3. The molecule has 0 unspecified atom stereocenters. The van der Waals surface area contributed by atoms with Crippen LogP contribution < -0.4 is 0 Å². The van der Waals surface area contributed by atoms with E-state index in [1.165, 1.54) is 0 Å². The molecule has 25 heavy (non-hydrogen) atoms. The van der Waals surface area contributed by atoms with Gasteiger partial charge in [-0.1, -0.05) is 74.0 Å². The minimum absolute atomic E-state index is 0.108. The van der Waals surface area contributed by atoms with Crippen LogP contribution in [-0.2, 0) is 9.53 Å². The molecule has 1 aliphatic heterocycles. The van der Waals surface area contributed by atoms with Gasteiger partial charge >= 0.3 is 0 Å². The van der Waals surface area contributed by atoms with Crippen molar-refractivity contribution < 1.29 is 9.53 Å². The van der Waals surface area contributed by atoms with Gasteiger partial charge in [-0.2, -0.15) is 0 Å². The second kappa shape index (κ2) is 7.40. The number of amides is 1. The number of nitrogens with zero attached hydrogens (tertiary/aromatic N) is 1. The number of unbranched alkanes of at least 4 members (excludes halogenated alkanes) is 1. The van der Waals surface area contributed by atoms with Crippen LogP contribution >= 0.6 is 0 Å². The third-order valence-electron chi connectivity index (χ3n) is 4.84. The fraction of sp³-hybridized carbons (Fsp3) is 0.409. The van der Waals surface area contributed by atoms with Gasteiger partial charge in [0.05, 0.1) is 6.04 Å². The van der Waals surface area contributed by atoms with E-state index < -0.39 is 5.72 Å². The summed E-state index contributed by atoms with van der Waals surface area (Å²) in [6.45, 7) is 6.10. The van der Waals surface area contributed by atoms with Gasteiger partial charge in [0, 0.05) is 6.42 Å². The number of hydrogen-bond acceptors (Lipinski definition) is 2. The lowest BCUT2D eigenvalue weighted by Gasteiger charge is -2.34.